The lowest BCUT2D eigenvalue weighted by molar-refractivity contribution is -0.0266. The van der Waals surface area contributed by atoms with Gasteiger partial charge in [-0.05, 0) is 41.8 Å². The molecule has 0 bridgehead atoms. The minimum Gasteiger partial charge on any atom is -0.497 e. The highest BCUT2D eigenvalue weighted by molar-refractivity contribution is 5.79. The van der Waals surface area contributed by atoms with Crippen LogP contribution in [0.2, 0.25) is 0 Å². The third kappa shape index (κ3) is 2.35. The molecule has 0 saturated carbocycles. The highest BCUT2D eigenvalue weighted by Crippen LogP contribution is 2.24. The van der Waals surface area contributed by atoms with Gasteiger partial charge in [0.1, 0.15) is 5.75 Å². The smallest absolute Gasteiger partial charge is 0.118 e. The molecule has 0 radical (unpaired) electrons. The monoisotopic (exact) mass is 294 g/mol. The maximum Gasteiger partial charge on any atom is 0.118 e. The zero-order valence-corrected chi connectivity index (χ0v) is 12.5. The Kier molecular flexibility index (Phi) is 3.31. The number of rotatable bonds is 4. The van der Waals surface area contributed by atoms with E-state index in [1.807, 2.05) is 18.3 Å². The first kappa shape index (κ1) is 13.3. The number of hydrogen-bond acceptors (Lipinski definition) is 3. The normalized spacial score (nSPS) is 15.0. The number of nitrogens with zero attached hydrogens (tertiary/aromatic N) is 2. The Morgan fingerprint density at radius 3 is 2.59 bits per heavy atom. The molecule has 22 heavy (non-hydrogen) atoms. The summed E-state index contributed by atoms with van der Waals surface area (Å²) in [5, 5.41) is 5.70. The predicted molar refractivity (Wildman–Crippen MR) is 85.4 cm³/mol. The molecule has 1 aromatic heterocycles. The third-order valence-corrected chi connectivity index (χ3v) is 4.19. The fourth-order valence-corrected chi connectivity index (χ4v) is 2.85. The standard InChI is InChI=1S/C18H18N2O2/c1-21-17-5-2-13(3-6-17)8-14-4-7-18-15(9-14)10-19-20(18)16-11-22-12-16/h2-7,9-10,16H,8,11-12H2,1H3. The number of ether oxygens (including phenoxy) is 2. The maximum absolute atomic E-state index is 5.26. The summed E-state index contributed by atoms with van der Waals surface area (Å²) in [6.45, 7) is 1.54. The van der Waals surface area contributed by atoms with Crippen molar-refractivity contribution < 1.29 is 9.47 Å². The number of aromatic nitrogens is 2. The molecule has 1 saturated heterocycles. The topological polar surface area (TPSA) is 36.3 Å². The summed E-state index contributed by atoms with van der Waals surface area (Å²) in [6, 6.07) is 15.2. The summed E-state index contributed by atoms with van der Waals surface area (Å²) in [5.74, 6) is 0.892. The fourth-order valence-electron chi connectivity index (χ4n) is 2.85. The average Bonchev–Trinajstić information content (AvgIpc) is 2.89. The molecule has 2 heterocycles. The second-order valence-corrected chi connectivity index (χ2v) is 5.70. The van der Waals surface area contributed by atoms with Crippen LogP contribution in [-0.2, 0) is 11.2 Å². The molecule has 2 aromatic carbocycles. The second-order valence-electron chi connectivity index (χ2n) is 5.70. The lowest BCUT2D eigenvalue weighted by atomic mass is 10.0. The van der Waals surface area contributed by atoms with Gasteiger partial charge in [-0.15, -0.1) is 0 Å². The van der Waals surface area contributed by atoms with E-state index in [4.69, 9.17) is 9.47 Å². The van der Waals surface area contributed by atoms with Crippen molar-refractivity contribution in [1.29, 1.82) is 0 Å². The number of methoxy groups -OCH3 is 1. The van der Waals surface area contributed by atoms with E-state index in [9.17, 15) is 0 Å². The summed E-state index contributed by atoms with van der Waals surface area (Å²) < 4.78 is 12.5. The van der Waals surface area contributed by atoms with Crippen molar-refractivity contribution in [2.75, 3.05) is 20.3 Å². The molecule has 4 rings (SSSR count). The molecule has 1 aliphatic rings. The van der Waals surface area contributed by atoms with Gasteiger partial charge in [-0.2, -0.15) is 5.10 Å². The first-order valence-electron chi connectivity index (χ1n) is 7.50. The van der Waals surface area contributed by atoms with Gasteiger partial charge in [-0.1, -0.05) is 18.2 Å². The number of hydrogen-bond donors (Lipinski definition) is 0. The number of fused-ring (bicyclic) bond motifs is 1. The molecule has 1 aliphatic heterocycles. The van der Waals surface area contributed by atoms with Crippen LogP contribution in [0.3, 0.4) is 0 Å². The van der Waals surface area contributed by atoms with Crippen molar-refractivity contribution in [2.45, 2.75) is 12.5 Å². The molecule has 112 valence electrons. The molecule has 4 nitrogen and oxygen atoms in total. The Hall–Kier alpha value is -2.33. The van der Waals surface area contributed by atoms with Crippen LogP contribution in [0.5, 0.6) is 5.75 Å². The van der Waals surface area contributed by atoms with E-state index in [-0.39, 0.29) is 0 Å². The van der Waals surface area contributed by atoms with Crippen LogP contribution in [-0.4, -0.2) is 30.1 Å². The Morgan fingerprint density at radius 1 is 1.14 bits per heavy atom. The summed E-state index contributed by atoms with van der Waals surface area (Å²) >= 11 is 0. The second kappa shape index (κ2) is 5.46. The van der Waals surface area contributed by atoms with Crippen LogP contribution < -0.4 is 4.74 Å². The zero-order valence-electron chi connectivity index (χ0n) is 12.5. The highest BCUT2D eigenvalue weighted by atomic mass is 16.5. The molecule has 0 N–H and O–H groups in total. The van der Waals surface area contributed by atoms with Gasteiger partial charge in [0.15, 0.2) is 0 Å². The van der Waals surface area contributed by atoms with E-state index in [0.29, 0.717) is 6.04 Å². The van der Waals surface area contributed by atoms with E-state index in [2.05, 4.69) is 40.1 Å². The van der Waals surface area contributed by atoms with E-state index < -0.39 is 0 Å². The van der Waals surface area contributed by atoms with Gasteiger partial charge in [-0.3, -0.25) is 4.68 Å². The summed E-state index contributed by atoms with van der Waals surface area (Å²) in [6.07, 6.45) is 2.86. The Morgan fingerprint density at radius 2 is 1.91 bits per heavy atom. The Labute approximate surface area is 129 Å². The van der Waals surface area contributed by atoms with Gasteiger partial charge in [0.2, 0.25) is 0 Å². The van der Waals surface area contributed by atoms with Gasteiger partial charge in [0.05, 0.1) is 38.1 Å². The van der Waals surface area contributed by atoms with Crippen molar-refractivity contribution >= 4 is 10.9 Å². The van der Waals surface area contributed by atoms with Gasteiger partial charge in [0, 0.05) is 5.39 Å². The number of benzene rings is 2. The van der Waals surface area contributed by atoms with Gasteiger partial charge in [0.25, 0.3) is 0 Å². The molecule has 0 aliphatic carbocycles. The van der Waals surface area contributed by atoms with Crippen molar-refractivity contribution in [3.05, 3.63) is 59.8 Å². The van der Waals surface area contributed by atoms with Crippen LogP contribution in [0, 0.1) is 0 Å². The van der Waals surface area contributed by atoms with E-state index in [1.54, 1.807) is 7.11 Å². The van der Waals surface area contributed by atoms with Crippen molar-refractivity contribution in [2.24, 2.45) is 0 Å². The lowest BCUT2D eigenvalue weighted by Gasteiger charge is -2.26. The Bertz CT molecular complexity index is 788. The molecule has 0 atom stereocenters. The van der Waals surface area contributed by atoms with Gasteiger partial charge >= 0.3 is 0 Å². The molecular formula is C18H18N2O2. The van der Waals surface area contributed by atoms with Crippen LogP contribution in [0.4, 0.5) is 0 Å². The van der Waals surface area contributed by atoms with Gasteiger partial charge < -0.3 is 9.47 Å². The summed E-state index contributed by atoms with van der Waals surface area (Å²) in [5.41, 5.74) is 3.76. The summed E-state index contributed by atoms with van der Waals surface area (Å²) in [4.78, 5) is 0. The molecule has 0 unspecified atom stereocenters. The molecule has 0 spiro atoms. The van der Waals surface area contributed by atoms with Crippen molar-refractivity contribution in [1.82, 2.24) is 9.78 Å². The predicted octanol–water partition coefficient (Wildman–Crippen LogP) is 3.21. The molecule has 1 fully saturated rings. The molecule has 0 amide bonds. The molecule has 3 aromatic rings. The quantitative estimate of drug-likeness (QED) is 0.741. The minimum absolute atomic E-state index is 0.393. The van der Waals surface area contributed by atoms with E-state index in [0.717, 1.165) is 25.4 Å². The zero-order chi connectivity index (χ0) is 14.9. The van der Waals surface area contributed by atoms with Crippen molar-refractivity contribution in [3.8, 4) is 5.75 Å². The van der Waals surface area contributed by atoms with Crippen LogP contribution in [0.15, 0.2) is 48.7 Å². The first-order valence-corrected chi connectivity index (χ1v) is 7.50. The van der Waals surface area contributed by atoms with Gasteiger partial charge in [-0.25, -0.2) is 0 Å². The molecule has 4 heteroatoms. The SMILES string of the molecule is COc1ccc(Cc2ccc3c(cnn3C3COC3)c2)cc1. The van der Waals surface area contributed by atoms with Crippen molar-refractivity contribution in [3.63, 3.8) is 0 Å². The van der Waals surface area contributed by atoms with E-state index >= 15 is 0 Å². The highest BCUT2D eigenvalue weighted by Gasteiger charge is 2.22. The maximum atomic E-state index is 5.26. The average molecular weight is 294 g/mol. The van der Waals surface area contributed by atoms with E-state index in [1.165, 1.54) is 22.0 Å². The summed E-state index contributed by atoms with van der Waals surface area (Å²) in [7, 11) is 1.69. The fraction of sp³-hybridized carbons (Fsp3) is 0.278. The lowest BCUT2D eigenvalue weighted by Crippen LogP contribution is -2.31. The largest absolute Gasteiger partial charge is 0.497 e. The third-order valence-electron chi connectivity index (χ3n) is 4.19. The molecular weight excluding hydrogens is 276 g/mol. The Balaban J connectivity index is 1.59. The van der Waals surface area contributed by atoms with Crippen LogP contribution in [0.25, 0.3) is 10.9 Å². The van der Waals surface area contributed by atoms with Crippen LogP contribution >= 0.6 is 0 Å². The minimum atomic E-state index is 0.393. The van der Waals surface area contributed by atoms with Crippen LogP contribution in [0.1, 0.15) is 17.2 Å². The first-order chi connectivity index (χ1) is 10.8.